The maximum atomic E-state index is 12.5. The van der Waals surface area contributed by atoms with Gasteiger partial charge in [-0.3, -0.25) is 4.79 Å². The van der Waals surface area contributed by atoms with Gasteiger partial charge in [0, 0.05) is 5.02 Å². The predicted octanol–water partition coefficient (Wildman–Crippen LogP) is 2.33. The van der Waals surface area contributed by atoms with E-state index in [1.54, 1.807) is 54.6 Å². The monoisotopic (exact) mass is 323 g/mol. The van der Waals surface area contributed by atoms with Crippen LogP contribution in [0.5, 0.6) is 0 Å². The summed E-state index contributed by atoms with van der Waals surface area (Å²) in [5.74, 6) is -1.59. The Labute approximate surface area is 128 Å². The van der Waals surface area contributed by atoms with Crippen molar-refractivity contribution in [1.82, 2.24) is 0 Å². The van der Waals surface area contributed by atoms with Gasteiger partial charge >= 0.3 is 0 Å². The second-order valence-corrected chi connectivity index (χ2v) is 7.14. The molecule has 0 saturated carbocycles. The fourth-order valence-corrected chi connectivity index (χ4v) is 4.08. The van der Waals surface area contributed by atoms with Crippen LogP contribution in [-0.2, 0) is 14.6 Å². The summed E-state index contributed by atoms with van der Waals surface area (Å²) in [6, 6.07) is 15.3. The molecule has 2 aromatic carbocycles. The molecular formula is C15H14ClNO3S. The molecule has 2 aromatic rings. The van der Waals surface area contributed by atoms with Crippen LogP contribution in [0, 0.1) is 0 Å². The summed E-state index contributed by atoms with van der Waals surface area (Å²) < 4.78 is 25.0. The molecule has 4 nitrogen and oxygen atoms in total. The lowest BCUT2D eigenvalue weighted by atomic mass is 10.0. The number of carbonyl (C=O) groups is 1. The van der Waals surface area contributed by atoms with E-state index >= 15 is 0 Å². The first-order valence-electron chi connectivity index (χ1n) is 6.20. The predicted molar refractivity (Wildman–Crippen MR) is 82.7 cm³/mol. The van der Waals surface area contributed by atoms with Crippen molar-refractivity contribution in [3.05, 3.63) is 70.7 Å². The Balaban J connectivity index is 2.58. The Morgan fingerprint density at radius 3 is 2.24 bits per heavy atom. The summed E-state index contributed by atoms with van der Waals surface area (Å²) in [5.41, 5.74) is 6.14. The third-order valence-electron chi connectivity index (χ3n) is 2.96. The average Bonchev–Trinajstić information content (AvgIpc) is 2.38. The molecule has 0 aromatic heterocycles. The number of benzene rings is 2. The molecule has 0 aliphatic heterocycles. The van der Waals surface area contributed by atoms with E-state index in [-0.39, 0.29) is 0 Å². The Morgan fingerprint density at radius 1 is 1.05 bits per heavy atom. The van der Waals surface area contributed by atoms with Crippen molar-refractivity contribution in [2.24, 2.45) is 5.73 Å². The second kappa shape index (κ2) is 6.28. The van der Waals surface area contributed by atoms with Gasteiger partial charge in [-0.25, -0.2) is 8.42 Å². The SMILES string of the molecule is NC(=O)CS(=O)(=O)C(c1ccccc1)c1cccc(Cl)c1. The number of hydrogen-bond acceptors (Lipinski definition) is 3. The van der Waals surface area contributed by atoms with Gasteiger partial charge in [0.15, 0.2) is 9.84 Å². The molecule has 110 valence electrons. The first-order chi connectivity index (χ1) is 9.90. The molecule has 0 bridgehead atoms. The van der Waals surface area contributed by atoms with E-state index in [0.29, 0.717) is 16.1 Å². The summed E-state index contributed by atoms with van der Waals surface area (Å²) in [6.45, 7) is 0. The van der Waals surface area contributed by atoms with E-state index in [4.69, 9.17) is 17.3 Å². The van der Waals surface area contributed by atoms with Gasteiger partial charge in [0.05, 0.1) is 0 Å². The Morgan fingerprint density at radius 2 is 1.67 bits per heavy atom. The van der Waals surface area contributed by atoms with Crippen molar-refractivity contribution >= 4 is 27.3 Å². The normalized spacial score (nSPS) is 12.8. The van der Waals surface area contributed by atoms with Gasteiger partial charge in [0.2, 0.25) is 5.91 Å². The highest BCUT2D eigenvalue weighted by molar-refractivity contribution is 7.92. The van der Waals surface area contributed by atoms with Gasteiger partial charge < -0.3 is 5.73 Å². The van der Waals surface area contributed by atoms with Crippen LogP contribution in [0.25, 0.3) is 0 Å². The molecule has 0 heterocycles. The van der Waals surface area contributed by atoms with Crippen LogP contribution in [0.4, 0.5) is 0 Å². The molecule has 1 unspecified atom stereocenters. The molecule has 0 spiro atoms. The lowest BCUT2D eigenvalue weighted by Crippen LogP contribution is -2.27. The highest BCUT2D eigenvalue weighted by Crippen LogP contribution is 2.32. The van der Waals surface area contributed by atoms with Gasteiger partial charge in [-0.15, -0.1) is 0 Å². The molecule has 0 fully saturated rings. The Kier molecular flexibility index (Phi) is 4.65. The molecule has 6 heteroatoms. The topological polar surface area (TPSA) is 77.2 Å². The molecule has 21 heavy (non-hydrogen) atoms. The Hall–Kier alpha value is -1.85. The van der Waals surface area contributed by atoms with Crippen molar-refractivity contribution in [3.8, 4) is 0 Å². The molecule has 2 N–H and O–H groups in total. The highest BCUT2D eigenvalue weighted by atomic mass is 35.5. The van der Waals surface area contributed by atoms with Gasteiger partial charge in [-0.1, -0.05) is 54.1 Å². The van der Waals surface area contributed by atoms with Gasteiger partial charge in [-0.2, -0.15) is 0 Å². The lowest BCUT2D eigenvalue weighted by Gasteiger charge is -2.18. The van der Waals surface area contributed by atoms with Crippen LogP contribution in [0.15, 0.2) is 54.6 Å². The van der Waals surface area contributed by atoms with E-state index in [1.165, 1.54) is 0 Å². The number of hydrogen-bond donors (Lipinski definition) is 1. The molecule has 2 rings (SSSR count). The highest BCUT2D eigenvalue weighted by Gasteiger charge is 2.30. The molecule has 1 amide bonds. The van der Waals surface area contributed by atoms with E-state index in [2.05, 4.69) is 0 Å². The van der Waals surface area contributed by atoms with Crippen LogP contribution in [0.2, 0.25) is 5.02 Å². The van der Waals surface area contributed by atoms with Crippen LogP contribution in [0.1, 0.15) is 16.4 Å². The number of nitrogens with two attached hydrogens (primary N) is 1. The molecular weight excluding hydrogens is 310 g/mol. The number of carbonyl (C=O) groups excluding carboxylic acids is 1. The summed E-state index contributed by atoms with van der Waals surface area (Å²) in [6.07, 6.45) is 0. The van der Waals surface area contributed by atoms with Crippen molar-refractivity contribution in [2.75, 3.05) is 5.75 Å². The molecule has 0 saturated heterocycles. The number of primary amides is 1. The zero-order chi connectivity index (χ0) is 15.5. The van der Waals surface area contributed by atoms with E-state index < -0.39 is 26.7 Å². The van der Waals surface area contributed by atoms with E-state index in [9.17, 15) is 13.2 Å². The van der Waals surface area contributed by atoms with Crippen molar-refractivity contribution in [3.63, 3.8) is 0 Å². The van der Waals surface area contributed by atoms with Crippen molar-refractivity contribution in [2.45, 2.75) is 5.25 Å². The van der Waals surface area contributed by atoms with Crippen LogP contribution < -0.4 is 5.73 Å². The first kappa shape index (κ1) is 15.5. The van der Waals surface area contributed by atoms with Crippen molar-refractivity contribution < 1.29 is 13.2 Å². The summed E-state index contributed by atoms with van der Waals surface area (Å²) in [7, 11) is -3.78. The quantitative estimate of drug-likeness (QED) is 0.917. The smallest absolute Gasteiger partial charge is 0.232 e. The minimum atomic E-state index is -3.78. The third kappa shape index (κ3) is 3.83. The molecule has 0 aliphatic carbocycles. The van der Waals surface area contributed by atoms with E-state index in [1.807, 2.05) is 0 Å². The standard InChI is InChI=1S/C15H14ClNO3S/c16-13-8-4-7-12(9-13)15(11-5-2-1-3-6-11)21(19,20)10-14(17)18/h1-9,15H,10H2,(H2,17,18). The van der Waals surface area contributed by atoms with Crippen molar-refractivity contribution in [1.29, 1.82) is 0 Å². The van der Waals surface area contributed by atoms with Gasteiger partial charge in [0.1, 0.15) is 11.0 Å². The van der Waals surface area contributed by atoms with Crippen LogP contribution >= 0.6 is 11.6 Å². The molecule has 0 radical (unpaired) electrons. The van der Waals surface area contributed by atoms with Crippen LogP contribution in [-0.4, -0.2) is 20.1 Å². The van der Waals surface area contributed by atoms with Gasteiger partial charge in [0.25, 0.3) is 0 Å². The Bertz CT molecular complexity index is 745. The first-order valence-corrected chi connectivity index (χ1v) is 8.30. The molecule has 0 aliphatic rings. The van der Waals surface area contributed by atoms with E-state index in [0.717, 1.165) is 0 Å². The molecule has 1 atom stereocenters. The summed E-state index contributed by atoms with van der Waals surface area (Å²) in [5, 5.41) is -0.535. The fraction of sp³-hybridized carbons (Fsp3) is 0.133. The van der Waals surface area contributed by atoms with Crippen LogP contribution in [0.3, 0.4) is 0 Å². The number of sulfone groups is 1. The zero-order valence-electron chi connectivity index (χ0n) is 11.1. The summed E-state index contributed by atoms with van der Waals surface area (Å²) >= 11 is 5.95. The zero-order valence-corrected chi connectivity index (χ0v) is 12.6. The fourth-order valence-electron chi connectivity index (χ4n) is 2.19. The van der Waals surface area contributed by atoms with Gasteiger partial charge in [-0.05, 0) is 23.3 Å². The maximum Gasteiger partial charge on any atom is 0.232 e. The second-order valence-electron chi connectivity index (χ2n) is 4.62. The maximum absolute atomic E-state index is 12.5. The minimum Gasteiger partial charge on any atom is -0.369 e. The lowest BCUT2D eigenvalue weighted by molar-refractivity contribution is -0.115. The number of rotatable bonds is 5. The average molecular weight is 324 g/mol. The largest absolute Gasteiger partial charge is 0.369 e. The third-order valence-corrected chi connectivity index (χ3v) is 5.14. The number of amides is 1. The number of halogens is 1. The minimum absolute atomic E-state index is 0.433. The summed E-state index contributed by atoms with van der Waals surface area (Å²) in [4.78, 5) is 11.1.